The molecule has 0 atom stereocenters. The minimum Gasteiger partial charge on any atom is -0.388 e. The SMILES string of the molecule is CNc1ccc(CN(C)CCc2ccccc2C)cc1. The number of nitrogens with one attached hydrogen (secondary N) is 1. The summed E-state index contributed by atoms with van der Waals surface area (Å²) in [5.74, 6) is 0. The van der Waals surface area contributed by atoms with E-state index in [1.165, 1.54) is 16.7 Å². The molecule has 2 aromatic rings. The molecule has 0 aliphatic carbocycles. The standard InChI is InChI=1S/C18H24N2/c1-15-6-4-5-7-17(15)12-13-20(3)14-16-8-10-18(19-2)11-9-16/h4-11,19H,12-14H2,1-3H3. The van der Waals surface area contributed by atoms with Crippen LogP contribution in [0.5, 0.6) is 0 Å². The molecule has 0 aromatic heterocycles. The summed E-state index contributed by atoms with van der Waals surface area (Å²) in [5, 5.41) is 3.15. The average molecular weight is 268 g/mol. The van der Waals surface area contributed by atoms with E-state index in [0.29, 0.717) is 0 Å². The number of nitrogens with zero attached hydrogens (tertiary/aromatic N) is 1. The second-order valence-corrected chi connectivity index (χ2v) is 5.36. The van der Waals surface area contributed by atoms with Gasteiger partial charge in [0.25, 0.3) is 0 Å². The Labute approximate surface area is 122 Å². The molecule has 2 aromatic carbocycles. The smallest absolute Gasteiger partial charge is 0.0337 e. The Kier molecular flexibility index (Phi) is 5.19. The lowest BCUT2D eigenvalue weighted by atomic mass is 10.1. The molecule has 0 amide bonds. The quantitative estimate of drug-likeness (QED) is 0.859. The molecule has 0 fully saturated rings. The summed E-state index contributed by atoms with van der Waals surface area (Å²) >= 11 is 0. The van der Waals surface area contributed by atoms with Crippen LogP contribution in [0.1, 0.15) is 16.7 Å². The summed E-state index contributed by atoms with van der Waals surface area (Å²) < 4.78 is 0. The summed E-state index contributed by atoms with van der Waals surface area (Å²) in [6.07, 6.45) is 1.11. The van der Waals surface area contributed by atoms with Crippen molar-refractivity contribution in [1.29, 1.82) is 0 Å². The van der Waals surface area contributed by atoms with Gasteiger partial charge in [-0.3, -0.25) is 0 Å². The molecule has 2 heteroatoms. The van der Waals surface area contributed by atoms with Crippen LogP contribution in [0, 0.1) is 6.92 Å². The van der Waals surface area contributed by atoms with Gasteiger partial charge in [0.2, 0.25) is 0 Å². The molecule has 0 spiro atoms. The van der Waals surface area contributed by atoms with Crippen LogP contribution in [0.15, 0.2) is 48.5 Å². The Morgan fingerprint density at radius 1 is 1.00 bits per heavy atom. The van der Waals surface area contributed by atoms with Crippen molar-refractivity contribution < 1.29 is 0 Å². The fourth-order valence-electron chi connectivity index (χ4n) is 2.37. The molecular formula is C18H24N2. The highest BCUT2D eigenvalue weighted by Gasteiger charge is 2.03. The first-order valence-electron chi connectivity index (χ1n) is 7.19. The minimum absolute atomic E-state index is 0.996. The Hall–Kier alpha value is -1.80. The van der Waals surface area contributed by atoms with E-state index in [4.69, 9.17) is 0 Å². The van der Waals surface area contributed by atoms with Crippen molar-refractivity contribution in [2.45, 2.75) is 19.9 Å². The molecule has 0 bridgehead atoms. The Bertz CT molecular complexity index is 531. The highest BCUT2D eigenvalue weighted by atomic mass is 15.1. The van der Waals surface area contributed by atoms with Crippen LogP contribution >= 0.6 is 0 Å². The van der Waals surface area contributed by atoms with Gasteiger partial charge in [-0.05, 0) is 49.2 Å². The Morgan fingerprint density at radius 3 is 2.35 bits per heavy atom. The maximum absolute atomic E-state index is 3.15. The zero-order valence-corrected chi connectivity index (χ0v) is 12.7. The van der Waals surface area contributed by atoms with Crippen LogP contribution in [0.2, 0.25) is 0 Å². The fourth-order valence-corrected chi connectivity index (χ4v) is 2.37. The molecule has 0 heterocycles. The third-order valence-corrected chi connectivity index (χ3v) is 3.72. The van der Waals surface area contributed by atoms with E-state index in [2.05, 4.69) is 72.7 Å². The van der Waals surface area contributed by atoms with Crippen LogP contribution < -0.4 is 5.32 Å². The average Bonchev–Trinajstić information content (AvgIpc) is 2.47. The third-order valence-electron chi connectivity index (χ3n) is 3.72. The lowest BCUT2D eigenvalue weighted by Crippen LogP contribution is -2.20. The van der Waals surface area contributed by atoms with Gasteiger partial charge in [0.1, 0.15) is 0 Å². The van der Waals surface area contributed by atoms with Gasteiger partial charge in [-0.2, -0.15) is 0 Å². The molecule has 0 aliphatic rings. The van der Waals surface area contributed by atoms with Crippen LogP contribution in [0.3, 0.4) is 0 Å². The zero-order chi connectivity index (χ0) is 14.4. The molecule has 106 valence electrons. The summed E-state index contributed by atoms with van der Waals surface area (Å²) in [7, 11) is 4.13. The molecule has 0 aliphatic heterocycles. The number of benzene rings is 2. The van der Waals surface area contributed by atoms with Crippen LogP contribution in [0.25, 0.3) is 0 Å². The number of hydrogen-bond acceptors (Lipinski definition) is 2. The van der Waals surface area contributed by atoms with E-state index < -0.39 is 0 Å². The topological polar surface area (TPSA) is 15.3 Å². The van der Waals surface area contributed by atoms with E-state index in [0.717, 1.165) is 25.2 Å². The maximum Gasteiger partial charge on any atom is 0.0337 e. The monoisotopic (exact) mass is 268 g/mol. The van der Waals surface area contributed by atoms with Crippen LogP contribution in [-0.4, -0.2) is 25.5 Å². The van der Waals surface area contributed by atoms with Gasteiger partial charge in [0, 0.05) is 25.8 Å². The molecule has 1 N–H and O–H groups in total. The van der Waals surface area contributed by atoms with E-state index in [1.54, 1.807) is 0 Å². The number of anilines is 1. The molecule has 0 saturated carbocycles. The summed E-state index contributed by atoms with van der Waals surface area (Å²) in [5.41, 5.74) is 5.36. The van der Waals surface area contributed by atoms with Crippen molar-refractivity contribution in [1.82, 2.24) is 4.90 Å². The van der Waals surface area contributed by atoms with Gasteiger partial charge in [-0.1, -0.05) is 36.4 Å². The van der Waals surface area contributed by atoms with Crippen molar-refractivity contribution >= 4 is 5.69 Å². The van der Waals surface area contributed by atoms with Gasteiger partial charge < -0.3 is 10.2 Å². The number of hydrogen-bond donors (Lipinski definition) is 1. The van der Waals surface area contributed by atoms with E-state index in [1.807, 2.05) is 7.05 Å². The van der Waals surface area contributed by atoms with Crippen molar-refractivity contribution in [2.75, 3.05) is 26.0 Å². The fraction of sp³-hybridized carbons (Fsp3) is 0.333. The number of aryl methyl sites for hydroxylation is 1. The van der Waals surface area contributed by atoms with Gasteiger partial charge >= 0.3 is 0 Å². The third kappa shape index (κ3) is 4.10. The normalized spacial score (nSPS) is 10.8. The largest absolute Gasteiger partial charge is 0.388 e. The van der Waals surface area contributed by atoms with Crippen LogP contribution in [0.4, 0.5) is 5.69 Å². The van der Waals surface area contributed by atoms with Crippen molar-refractivity contribution in [3.63, 3.8) is 0 Å². The molecule has 20 heavy (non-hydrogen) atoms. The van der Waals surface area contributed by atoms with Gasteiger partial charge in [-0.25, -0.2) is 0 Å². The summed E-state index contributed by atoms with van der Waals surface area (Å²) in [4.78, 5) is 2.38. The van der Waals surface area contributed by atoms with E-state index in [-0.39, 0.29) is 0 Å². The minimum atomic E-state index is 0.996. The predicted octanol–water partition coefficient (Wildman–Crippen LogP) is 3.71. The lowest BCUT2D eigenvalue weighted by molar-refractivity contribution is 0.331. The maximum atomic E-state index is 3.15. The second-order valence-electron chi connectivity index (χ2n) is 5.36. The predicted molar refractivity (Wildman–Crippen MR) is 87.2 cm³/mol. The first-order valence-corrected chi connectivity index (χ1v) is 7.19. The first-order chi connectivity index (χ1) is 9.69. The molecule has 2 rings (SSSR count). The molecule has 0 saturated heterocycles. The van der Waals surface area contributed by atoms with Gasteiger partial charge in [0.15, 0.2) is 0 Å². The van der Waals surface area contributed by atoms with Gasteiger partial charge in [-0.15, -0.1) is 0 Å². The number of rotatable bonds is 6. The van der Waals surface area contributed by atoms with Crippen LogP contribution in [-0.2, 0) is 13.0 Å². The van der Waals surface area contributed by atoms with E-state index in [9.17, 15) is 0 Å². The highest BCUT2D eigenvalue weighted by molar-refractivity contribution is 5.43. The molecular weight excluding hydrogens is 244 g/mol. The molecule has 0 radical (unpaired) electrons. The van der Waals surface area contributed by atoms with Crippen molar-refractivity contribution in [2.24, 2.45) is 0 Å². The molecule has 0 unspecified atom stereocenters. The summed E-state index contributed by atoms with van der Waals surface area (Å²) in [6.45, 7) is 4.26. The Balaban J connectivity index is 1.86. The first kappa shape index (κ1) is 14.6. The van der Waals surface area contributed by atoms with E-state index >= 15 is 0 Å². The second kappa shape index (κ2) is 7.11. The Morgan fingerprint density at radius 2 is 1.70 bits per heavy atom. The zero-order valence-electron chi connectivity index (χ0n) is 12.7. The van der Waals surface area contributed by atoms with Crippen molar-refractivity contribution in [3.8, 4) is 0 Å². The van der Waals surface area contributed by atoms with Crippen molar-refractivity contribution in [3.05, 3.63) is 65.2 Å². The highest BCUT2D eigenvalue weighted by Crippen LogP contribution is 2.12. The summed E-state index contributed by atoms with van der Waals surface area (Å²) in [6, 6.07) is 17.3. The van der Waals surface area contributed by atoms with Gasteiger partial charge in [0.05, 0.1) is 0 Å². The molecule has 2 nitrogen and oxygen atoms in total. The number of likely N-dealkylation sites (N-methyl/N-ethyl adjacent to an activating group) is 1. The lowest BCUT2D eigenvalue weighted by Gasteiger charge is -2.17.